The molecule has 26 heavy (non-hydrogen) atoms. The number of likely N-dealkylation sites (tertiary alicyclic amines) is 1. The summed E-state index contributed by atoms with van der Waals surface area (Å²) in [6, 6.07) is 7.19. The fraction of sp³-hybridized carbons (Fsp3) is 0.632. The number of nitrogens with zero attached hydrogens (tertiary/aromatic N) is 1. The predicted octanol–water partition coefficient (Wildman–Crippen LogP) is 3.07. The first kappa shape index (κ1) is 20.8. The summed E-state index contributed by atoms with van der Waals surface area (Å²) in [6.45, 7) is 7.97. The van der Waals surface area contributed by atoms with Crippen LogP contribution in [0.15, 0.2) is 24.3 Å². The molecule has 0 saturated carbocycles. The Balaban J connectivity index is 1.64. The van der Waals surface area contributed by atoms with E-state index in [1.165, 1.54) is 0 Å². The molecular weight excluding hydrogens is 356 g/mol. The molecule has 1 atom stereocenters. The van der Waals surface area contributed by atoms with Crippen LogP contribution in [-0.4, -0.2) is 60.1 Å². The topological polar surface area (TPSA) is 71.0 Å². The van der Waals surface area contributed by atoms with Crippen LogP contribution in [0.5, 0.6) is 5.75 Å². The predicted molar refractivity (Wildman–Crippen MR) is 102 cm³/mol. The number of hydrogen-bond acceptors (Lipinski definition) is 5. The molecule has 1 amide bonds. The van der Waals surface area contributed by atoms with E-state index < -0.39 is 11.7 Å². The highest BCUT2D eigenvalue weighted by atomic mass is 35.5. The summed E-state index contributed by atoms with van der Waals surface area (Å²) in [4.78, 5) is 14.0. The van der Waals surface area contributed by atoms with Crippen LogP contribution in [-0.2, 0) is 4.74 Å². The number of benzene rings is 1. The van der Waals surface area contributed by atoms with Crippen LogP contribution in [0.4, 0.5) is 4.79 Å². The van der Waals surface area contributed by atoms with Gasteiger partial charge >= 0.3 is 6.09 Å². The van der Waals surface area contributed by atoms with Crippen molar-refractivity contribution in [2.24, 2.45) is 0 Å². The molecule has 0 bridgehead atoms. The molecule has 7 heteroatoms. The van der Waals surface area contributed by atoms with Gasteiger partial charge in [0.15, 0.2) is 0 Å². The van der Waals surface area contributed by atoms with Crippen molar-refractivity contribution in [3.8, 4) is 5.75 Å². The molecule has 1 heterocycles. The average Bonchev–Trinajstić information content (AvgIpc) is 2.54. The number of carbonyl (C=O) groups is 1. The summed E-state index contributed by atoms with van der Waals surface area (Å²) in [5, 5.41) is 13.7. The van der Waals surface area contributed by atoms with Crippen molar-refractivity contribution in [2.45, 2.75) is 51.4 Å². The van der Waals surface area contributed by atoms with E-state index in [2.05, 4.69) is 10.2 Å². The molecule has 1 fully saturated rings. The molecule has 0 spiro atoms. The van der Waals surface area contributed by atoms with E-state index in [1.807, 2.05) is 20.8 Å². The first-order valence-corrected chi connectivity index (χ1v) is 9.37. The highest BCUT2D eigenvalue weighted by Gasteiger charge is 2.24. The van der Waals surface area contributed by atoms with E-state index in [1.54, 1.807) is 24.3 Å². The SMILES string of the molecule is CC(C)(C)OC(=O)NC1CCN(CC(O)COc2ccc(Cl)cc2)CC1. The van der Waals surface area contributed by atoms with Crippen LogP contribution in [0.25, 0.3) is 0 Å². The third-order valence-electron chi connectivity index (χ3n) is 4.03. The number of aliphatic hydroxyl groups is 1. The lowest BCUT2D eigenvalue weighted by Crippen LogP contribution is -2.48. The third-order valence-corrected chi connectivity index (χ3v) is 4.29. The zero-order chi connectivity index (χ0) is 19.2. The van der Waals surface area contributed by atoms with Crippen LogP contribution in [0.1, 0.15) is 33.6 Å². The molecule has 1 saturated heterocycles. The van der Waals surface area contributed by atoms with Crippen molar-refractivity contribution >= 4 is 17.7 Å². The molecule has 6 nitrogen and oxygen atoms in total. The first-order chi connectivity index (χ1) is 12.2. The average molecular weight is 385 g/mol. The number of amides is 1. The van der Waals surface area contributed by atoms with Gasteiger partial charge in [0.1, 0.15) is 24.1 Å². The number of β-amino-alcohol motifs (C(OH)–C–C–N with tert-alkyl or cyclic N) is 1. The second-order valence-corrected chi connectivity index (χ2v) is 8.08. The number of alkyl carbamates (subject to hydrolysis) is 1. The summed E-state index contributed by atoms with van der Waals surface area (Å²) in [6.07, 6.45) is 0.738. The van der Waals surface area contributed by atoms with E-state index in [0.717, 1.165) is 25.9 Å². The minimum Gasteiger partial charge on any atom is -0.491 e. The maximum atomic E-state index is 11.8. The van der Waals surface area contributed by atoms with Crippen molar-refractivity contribution in [3.63, 3.8) is 0 Å². The second kappa shape index (κ2) is 9.44. The highest BCUT2D eigenvalue weighted by molar-refractivity contribution is 6.30. The quantitative estimate of drug-likeness (QED) is 0.788. The molecule has 1 unspecified atom stereocenters. The molecule has 0 aromatic heterocycles. The van der Waals surface area contributed by atoms with E-state index >= 15 is 0 Å². The standard InChI is InChI=1S/C19H29ClN2O4/c1-19(2,3)26-18(24)21-15-8-10-22(11-9-15)12-16(23)13-25-17-6-4-14(20)5-7-17/h4-7,15-16,23H,8-13H2,1-3H3,(H,21,24). The lowest BCUT2D eigenvalue weighted by atomic mass is 10.0. The van der Waals surface area contributed by atoms with E-state index in [-0.39, 0.29) is 18.7 Å². The summed E-state index contributed by atoms with van der Waals surface area (Å²) in [7, 11) is 0. The normalized spacial score (nSPS) is 17.6. The molecular formula is C19H29ClN2O4. The van der Waals surface area contributed by atoms with Crippen molar-refractivity contribution in [1.29, 1.82) is 0 Å². The monoisotopic (exact) mass is 384 g/mol. The summed E-state index contributed by atoms with van der Waals surface area (Å²) in [5.74, 6) is 0.689. The van der Waals surface area contributed by atoms with Gasteiger partial charge in [-0.15, -0.1) is 0 Å². The number of hydrogen-bond donors (Lipinski definition) is 2. The van der Waals surface area contributed by atoms with Gasteiger partial charge < -0.3 is 24.8 Å². The van der Waals surface area contributed by atoms with E-state index in [9.17, 15) is 9.90 Å². The van der Waals surface area contributed by atoms with Crippen LogP contribution in [0.3, 0.4) is 0 Å². The minimum absolute atomic E-state index is 0.114. The molecule has 2 rings (SSSR count). The number of piperidine rings is 1. The number of rotatable bonds is 6. The Kier molecular flexibility index (Phi) is 7.55. The number of halogens is 1. The molecule has 1 aliphatic rings. The van der Waals surface area contributed by atoms with Gasteiger partial charge in [-0.3, -0.25) is 0 Å². The first-order valence-electron chi connectivity index (χ1n) is 8.99. The van der Waals surface area contributed by atoms with E-state index in [0.29, 0.717) is 17.3 Å². The molecule has 1 aromatic carbocycles. The Bertz CT molecular complexity index is 566. The van der Waals surface area contributed by atoms with Gasteiger partial charge in [0, 0.05) is 30.7 Å². The highest BCUT2D eigenvalue weighted by Crippen LogP contribution is 2.16. The summed E-state index contributed by atoms with van der Waals surface area (Å²) < 4.78 is 10.9. The maximum Gasteiger partial charge on any atom is 0.407 e. The van der Waals surface area contributed by atoms with Crippen LogP contribution in [0, 0.1) is 0 Å². The summed E-state index contributed by atoms with van der Waals surface area (Å²) in [5.41, 5.74) is -0.487. The number of nitrogens with one attached hydrogen (secondary N) is 1. The van der Waals surface area contributed by atoms with Crippen LogP contribution in [0.2, 0.25) is 5.02 Å². The molecule has 146 valence electrons. The zero-order valence-electron chi connectivity index (χ0n) is 15.7. The number of ether oxygens (including phenoxy) is 2. The van der Waals surface area contributed by atoms with E-state index in [4.69, 9.17) is 21.1 Å². The Morgan fingerprint density at radius 2 is 1.92 bits per heavy atom. The molecule has 2 N–H and O–H groups in total. The lowest BCUT2D eigenvalue weighted by Gasteiger charge is -2.33. The fourth-order valence-electron chi connectivity index (χ4n) is 2.81. The van der Waals surface area contributed by atoms with Gasteiger partial charge in [0.25, 0.3) is 0 Å². The van der Waals surface area contributed by atoms with Gasteiger partial charge in [0.05, 0.1) is 0 Å². The van der Waals surface area contributed by atoms with Crippen molar-refractivity contribution < 1.29 is 19.4 Å². The number of aliphatic hydroxyl groups excluding tert-OH is 1. The summed E-state index contributed by atoms with van der Waals surface area (Å²) >= 11 is 5.83. The van der Waals surface area contributed by atoms with Gasteiger partial charge in [-0.2, -0.15) is 0 Å². The van der Waals surface area contributed by atoms with Crippen LogP contribution >= 0.6 is 11.6 Å². The number of carbonyl (C=O) groups excluding carboxylic acids is 1. The van der Waals surface area contributed by atoms with Gasteiger partial charge in [0.2, 0.25) is 0 Å². The lowest BCUT2D eigenvalue weighted by molar-refractivity contribution is 0.0421. The Hall–Kier alpha value is -1.50. The van der Waals surface area contributed by atoms with Crippen LogP contribution < -0.4 is 10.1 Å². The van der Waals surface area contributed by atoms with Gasteiger partial charge in [-0.05, 0) is 57.9 Å². The van der Waals surface area contributed by atoms with Crippen molar-refractivity contribution in [3.05, 3.63) is 29.3 Å². The molecule has 0 aliphatic carbocycles. The van der Waals surface area contributed by atoms with Crippen molar-refractivity contribution in [1.82, 2.24) is 10.2 Å². The maximum absolute atomic E-state index is 11.8. The minimum atomic E-state index is -0.568. The van der Waals surface area contributed by atoms with Gasteiger partial charge in [-0.25, -0.2) is 4.79 Å². The zero-order valence-corrected chi connectivity index (χ0v) is 16.5. The molecule has 1 aromatic rings. The Labute approximate surface area is 160 Å². The molecule has 0 radical (unpaired) electrons. The fourth-order valence-corrected chi connectivity index (χ4v) is 2.93. The third kappa shape index (κ3) is 7.81. The van der Waals surface area contributed by atoms with Gasteiger partial charge in [-0.1, -0.05) is 11.6 Å². The van der Waals surface area contributed by atoms with Crippen molar-refractivity contribution in [2.75, 3.05) is 26.2 Å². The largest absolute Gasteiger partial charge is 0.491 e. The second-order valence-electron chi connectivity index (χ2n) is 7.64. The molecule has 1 aliphatic heterocycles. The Morgan fingerprint density at radius 3 is 2.50 bits per heavy atom. The Morgan fingerprint density at radius 1 is 1.31 bits per heavy atom. The smallest absolute Gasteiger partial charge is 0.407 e.